The third-order valence-electron chi connectivity index (χ3n) is 4.97. The van der Waals surface area contributed by atoms with Crippen LogP contribution in [-0.2, 0) is 4.79 Å². The summed E-state index contributed by atoms with van der Waals surface area (Å²) in [6, 6.07) is 15.3. The number of nitrogen functional groups attached to an aromatic ring is 1. The molecule has 0 saturated heterocycles. The lowest BCUT2D eigenvalue weighted by Crippen LogP contribution is -2.17. The highest BCUT2D eigenvalue weighted by Gasteiger charge is 2.22. The first-order valence-electron chi connectivity index (χ1n) is 11.4. The zero-order valence-electron chi connectivity index (χ0n) is 21.0. The zero-order chi connectivity index (χ0) is 27.7. The molecule has 0 radical (unpaired) electrons. The van der Waals surface area contributed by atoms with Crippen molar-refractivity contribution in [3.63, 3.8) is 0 Å². The summed E-state index contributed by atoms with van der Waals surface area (Å²) in [6.45, 7) is 3.46. The van der Waals surface area contributed by atoms with E-state index in [2.05, 4.69) is 25.6 Å². The van der Waals surface area contributed by atoms with Crippen molar-refractivity contribution in [2.45, 2.75) is 19.9 Å². The molecule has 2 aromatic heterocycles. The Labute approximate surface area is 217 Å². The largest absolute Gasteiger partial charge is 0.497 e. The number of anilines is 1. The number of methoxy groups -OCH3 is 1. The molecule has 0 fully saturated rings. The third kappa shape index (κ3) is 7.16. The molecule has 38 heavy (non-hydrogen) atoms. The Morgan fingerprint density at radius 3 is 2.47 bits per heavy atom. The van der Waals surface area contributed by atoms with Gasteiger partial charge in [-0.2, -0.15) is 9.78 Å². The summed E-state index contributed by atoms with van der Waals surface area (Å²) in [6.07, 6.45) is 1.52. The number of carbonyl (C=O) groups is 1. The summed E-state index contributed by atoms with van der Waals surface area (Å²) in [5.74, 6) is 0.994. The van der Waals surface area contributed by atoms with E-state index in [1.807, 2.05) is 19.1 Å². The quantitative estimate of drug-likeness (QED) is 0.161. The third-order valence-corrected chi connectivity index (χ3v) is 4.97. The fraction of sp³-hybridized carbons (Fsp3) is 0.200. The Bertz CT molecular complexity index is 1430. The maximum atomic E-state index is 12.7. The standard InChI is InChI=1S/C23H24N8O3.C2H4O2/c1-3-34-18-12-15(11-17(13-18)33-2)20(27-16-8-6-14(7-9-16)21(24)25)22-28-23(32)31(30-22)19-5-4-10-26-29-19;1-2(3)4/h4-13,20,27H,3H2,1-2H3,(H3,24,25)(H,28,30,32);1H3,(H,3,4)/t20-;/m0./s1. The van der Waals surface area contributed by atoms with Crippen LogP contribution in [0.1, 0.15) is 36.8 Å². The van der Waals surface area contributed by atoms with E-state index in [4.69, 9.17) is 30.5 Å². The van der Waals surface area contributed by atoms with E-state index in [0.29, 0.717) is 35.3 Å². The number of hydrogen-bond donors (Lipinski definition) is 5. The number of carboxylic acid groups (broad SMARTS) is 1. The number of H-pyrrole nitrogens is 1. The van der Waals surface area contributed by atoms with Gasteiger partial charge in [-0.3, -0.25) is 15.2 Å². The molecule has 0 bridgehead atoms. The zero-order valence-corrected chi connectivity index (χ0v) is 21.0. The summed E-state index contributed by atoms with van der Waals surface area (Å²) in [4.78, 5) is 24.5. The van der Waals surface area contributed by atoms with Crippen molar-refractivity contribution in [2.75, 3.05) is 19.0 Å². The van der Waals surface area contributed by atoms with Gasteiger partial charge in [0.2, 0.25) is 0 Å². The lowest BCUT2D eigenvalue weighted by atomic mass is 10.0. The molecule has 0 aliphatic heterocycles. The van der Waals surface area contributed by atoms with Gasteiger partial charge < -0.3 is 25.6 Å². The number of ether oxygens (including phenoxy) is 2. The van der Waals surface area contributed by atoms with Crippen molar-refractivity contribution in [1.82, 2.24) is 25.0 Å². The first-order valence-corrected chi connectivity index (χ1v) is 11.4. The molecule has 0 spiro atoms. The number of nitrogens with one attached hydrogen (secondary N) is 3. The fourth-order valence-electron chi connectivity index (χ4n) is 3.38. The van der Waals surface area contributed by atoms with E-state index in [-0.39, 0.29) is 5.84 Å². The fourth-order valence-corrected chi connectivity index (χ4v) is 3.38. The second-order valence-electron chi connectivity index (χ2n) is 7.77. The van der Waals surface area contributed by atoms with Crippen LogP contribution in [0.2, 0.25) is 0 Å². The minimum atomic E-state index is -0.833. The number of benzene rings is 2. The molecule has 0 unspecified atom stereocenters. The molecule has 2 aromatic carbocycles. The van der Waals surface area contributed by atoms with Gasteiger partial charge in [0.1, 0.15) is 23.4 Å². The molecule has 0 aliphatic carbocycles. The highest BCUT2D eigenvalue weighted by molar-refractivity contribution is 5.95. The molecule has 4 rings (SSSR count). The summed E-state index contributed by atoms with van der Waals surface area (Å²) in [5, 5.41) is 30.7. The SMILES string of the molecule is CC(=O)O.CCOc1cc(OC)cc([C@H](Nc2ccc(C(=N)N)cc2)c2nn(-c3cccnn3)c(=O)[nH]2)c1. The van der Waals surface area contributed by atoms with E-state index < -0.39 is 17.7 Å². The lowest BCUT2D eigenvalue weighted by Gasteiger charge is -2.20. The van der Waals surface area contributed by atoms with Crippen LogP contribution in [0.25, 0.3) is 5.82 Å². The molecule has 0 saturated carbocycles. The molecule has 13 heteroatoms. The molecular weight excluding hydrogens is 492 g/mol. The molecule has 6 N–H and O–H groups in total. The average Bonchev–Trinajstić information content (AvgIpc) is 3.28. The molecule has 1 atom stereocenters. The Morgan fingerprint density at radius 2 is 1.89 bits per heavy atom. The number of aromatic amines is 1. The minimum absolute atomic E-state index is 0.0238. The molecule has 4 aromatic rings. The average molecular weight is 521 g/mol. The first kappa shape index (κ1) is 27.4. The van der Waals surface area contributed by atoms with Gasteiger partial charge in [-0.05, 0) is 61.0 Å². The van der Waals surface area contributed by atoms with Gasteiger partial charge >= 0.3 is 5.69 Å². The van der Waals surface area contributed by atoms with Gasteiger partial charge in [0.25, 0.3) is 5.97 Å². The second-order valence-corrected chi connectivity index (χ2v) is 7.77. The van der Waals surface area contributed by atoms with E-state index >= 15 is 0 Å². The number of aliphatic carboxylic acids is 1. The predicted molar refractivity (Wildman–Crippen MR) is 140 cm³/mol. The Kier molecular flexibility index (Phi) is 9.13. The molecule has 2 heterocycles. The van der Waals surface area contributed by atoms with Crippen LogP contribution >= 0.6 is 0 Å². The van der Waals surface area contributed by atoms with E-state index in [9.17, 15) is 4.79 Å². The van der Waals surface area contributed by atoms with Crippen molar-refractivity contribution >= 4 is 17.5 Å². The van der Waals surface area contributed by atoms with E-state index in [1.54, 1.807) is 49.6 Å². The Balaban J connectivity index is 0.000000934. The second kappa shape index (κ2) is 12.7. The van der Waals surface area contributed by atoms with E-state index in [0.717, 1.165) is 22.9 Å². The van der Waals surface area contributed by atoms with Crippen molar-refractivity contribution in [1.29, 1.82) is 5.41 Å². The number of nitrogens with zero attached hydrogens (tertiary/aromatic N) is 4. The maximum Gasteiger partial charge on any atom is 0.349 e. The van der Waals surface area contributed by atoms with Crippen LogP contribution in [0.5, 0.6) is 11.5 Å². The van der Waals surface area contributed by atoms with Crippen LogP contribution in [-0.4, -0.2) is 55.6 Å². The first-order chi connectivity index (χ1) is 18.2. The number of amidine groups is 1. The van der Waals surface area contributed by atoms with Crippen molar-refractivity contribution in [2.24, 2.45) is 5.73 Å². The molecule has 13 nitrogen and oxygen atoms in total. The number of aromatic nitrogens is 5. The van der Waals surface area contributed by atoms with Crippen LogP contribution < -0.4 is 26.2 Å². The predicted octanol–water partition coefficient (Wildman–Crippen LogP) is 2.33. The number of hydrogen-bond acceptors (Lipinski definition) is 9. The number of carboxylic acids is 1. The van der Waals surface area contributed by atoms with E-state index in [1.165, 1.54) is 6.20 Å². The number of nitrogens with two attached hydrogens (primary N) is 1. The van der Waals surface area contributed by atoms with Crippen molar-refractivity contribution in [3.8, 4) is 17.3 Å². The molecule has 198 valence electrons. The topological polar surface area (TPSA) is 194 Å². The van der Waals surface area contributed by atoms with Crippen molar-refractivity contribution < 1.29 is 19.4 Å². The molecular formula is C25H28N8O5. The summed E-state index contributed by atoms with van der Waals surface area (Å²) >= 11 is 0. The Morgan fingerprint density at radius 1 is 1.21 bits per heavy atom. The normalized spacial score (nSPS) is 11.0. The summed E-state index contributed by atoms with van der Waals surface area (Å²) in [7, 11) is 1.57. The molecule has 0 aliphatic rings. The van der Waals surface area contributed by atoms with Gasteiger partial charge in [-0.15, -0.1) is 10.2 Å². The minimum Gasteiger partial charge on any atom is -0.497 e. The molecule has 0 amide bonds. The van der Waals surface area contributed by atoms with Crippen LogP contribution in [0.15, 0.2) is 65.6 Å². The number of rotatable bonds is 9. The van der Waals surface area contributed by atoms with Gasteiger partial charge in [-0.25, -0.2) is 4.79 Å². The van der Waals surface area contributed by atoms with Gasteiger partial charge in [0.15, 0.2) is 11.6 Å². The van der Waals surface area contributed by atoms with Gasteiger partial charge in [0, 0.05) is 30.4 Å². The Hall–Kier alpha value is -5.20. The van der Waals surface area contributed by atoms with Crippen molar-refractivity contribution in [3.05, 3.63) is 88.2 Å². The highest BCUT2D eigenvalue weighted by Crippen LogP contribution is 2.31. The smallest absolute Gasteiger partial charge is 0.349 e. The maximum absolute atomic E-state index is 12.7. The van der Waals surface area contributed by atoms with Crippen LogP contribution in [0.4, 0.5) is 5.69 Å². The van der Waals surface area contributed by atoms with Crippen LogP contribution in [0, 0.1) is 5.41 Å². The monoisotopic (exact) mass is 520 g/mol. The van der Waals surface area contributed by atoms with Gasteiger partial charge in [-0.1, -0.05) is 0 Å². The summed E-state index contributed by atoms with van der Waals surface area (Å²) < 4.78 is 12.3. The highest BCUT2D eigenvalue weighted by atomic mass is 16.5. The lowest BCUT2D eigenvalue weighted by molar-refractivity contribution is -0.134. The van der Waals surface area contributed by atoms with Gasteiger partial charge in [0.05, 0.1) is 13.7 Å². The van der Waals surface area contributed by atoms with Crippen LogP contribution in [0.3, 0.4) is 0 Å². The summed E-state index contributed by atoms with van der Waals surface area (Å²) in [5.41, 5.74) is 7.19.